The van der Waals surface area contributed by atoms with Crippen LogP contribution in [0.4, 0.5) is 0 Å². The number of nitrogens with zero attached hydrogens (tertiary/aromatic N) is 1. The Labute approximate surface area is 112 Å². The van der Waals surface area contributed by atoms with Gasteiger partial charge in [0, 0.05) is 41.4 Å². The van der Waals surface area contributed by atoms with E-state index in [4.69, 9.17) is 0 Å². The fraction of sp³-hybridized carbons (Fsp3) is 0.375. The van der Waals surface area contributed by atoms with Crippen LogP contribution in [0.15, 0.2) is 36.2 Å². The fourth-order valence-electron chi connectivity index (χ4n) is 3.45. The molecule has 0 radical (unpaired) electrons. The maximum atomic E-state index is 10.4. The monoisotopic (exact) mass is 254 g/mol. The van der Waals surface area contributed by atoms with Crippen LogP contribution in [0.2, 0.25) is 0 Å². The second-order valence-electron chi connectivity index (χ2n) is 5.63. The van der Waals surface area contributed by atoms with Crippen LogP contribution in [-0.4, -0.2) is 34.2 Å². The average molecular weight is 254 g/mol. The van der Waals surface area contributed by atoms with Crippen molar-refractivity contribution in [2.45, 2.75) is 18.9 Å². The van der Waals surface area contributed by atoms with Crippen LogP contribution >= 0.6 is 0 Å². The Hall–Kier alpha value is -1.74. The maximum Gasteiger partial charge on any atom is 0.0965 e. The molecule has 3 fully saturated rings. The summed E-state index contributed by atoms with van der Waals surface area (Å²) in [6.07, 6.45) is 6.18. The third kappa shape index (κ3) is 1.69. The Morgan fingerprint density at radius 1 is 1.21 bits per heavy atom. The Morgan fingerprint density at radius 3 is 2.79 bits per heavy atom. The highest BCUT2D eigenvalue weighted by molar-refractivity contribution is 5.89. The average Bonchev–Trinajstić information content (AvgIpc) is 2.87. The Kier molecular flexibility index (Phi) is 2.42. The summed E-state index contributed by atoms with van der Waals surface area (Å²) < 4.78 is 0. The standard InChI is InChI=1S/C16H18N2O/c19-16-11-5-7-18(8-6-11)15(16)9-12-10-17-14-4-2-1-3-13(12)14/h1-4,9-11,16-17,19H,5-8H2. The third-order valence-electron chi connectivity index (χ3n) is 4.58. The number of aromatic nitrogens is 1. The van der Waals surface area contributed by atoms with Crippen molar-refractivity contribution in [3.63, 3.8) is 0 Å². The minimum Gasteiger partial charge on any atom is -0.387 e. The summed E-state index contributed by atoms with van der Waals surface area (Å²) in [6, 6.07) is 8.31. The normalized spacial score (nSPS) is 28.5. The molecule has 0 aliphatic carbocycles. The van der Waals surface area contributed by atoms with Crippen molar-refractivity contribution < 1.29 is 5.11 Å². The van der Waals surface area contributed by atoms with E-state index in [1.54, 1.807) is 0 Å². The van der Waals surface area contributed by atoms with E-state index in [9.17, 15) is 5.11 Å². The summed E-state index contributed by atoms with van der Waals surface area (Å²) in [6.45, 7) is 2.19. The molecule has 2 N–H and O–H groups in total. The summed E-state index contributed by atoms with van der Waals surface area (Å²) in [5.41, 5.74) is 3.43. The largest absolute Gasteiger partial charge is 0.387 e. The molecule has 0 amide bonds. The van der Waals surface area contributed by atoms with E-state index in [1.165, 1.54) is 10.9 Å². The Morgan fingerprint density at radius 2 is 2.00 bits per heavy atom. The van der Waals surface area contributed by atoms with Crippen LogP contribution in [0, 0.1) is 5.92 Å². The number of nitrogens with one attached hydrogen (secondary N) is 1. The summed E-state index contributed by atoms with van der Waals surface area (Å²) in [5, 5.41) is 11.6. The lowest BCUT2D eigenvalue weighted by Gasteiger charge is -2.45. The molecule has 1 atom stereocenters. The lowest BCUT2D eigenvalue weighted by molar-refractivity contribution is 0.0215. The molecule has 2 bridgehead atoms. The smallest absolute Gasteiger partial charge is 0.0965 e. The first kappa shape index (κ1) is 11.1. The summed E-state index contributed by atoms with van der Waals surface area (Å²) in [7, 11) is 0. The predicted molar refractivity (Wildman–Crippen MR) is 76.6 cm³/mol. The van der Waals surface area contributed by atoms with Crippen molar-refractivity contribution in [1.82, 2.24) is 9.88 Å². The molecule has 1 unspecified atom stereocenters. The van der Waals surface area contributed by atoms with E-state index < -0.39 is 0 Å². The number of piperidine rings is 3. The summed E-state index contributed by atoms with van der Waals surface area (Å²) in [4.78, 5) is 5.63. The van der Waals surface area contributed by atoms with E-state index in [1.807, 2.05) is 12.3 Å². The first-order chi connectivity index (χ1) is 9.33. The number of aliphatic hydroxyl groups is 1. The predicted octanol–water partition coefficient (Wildman–Crippen LogP) is 2.60. The van der Waals surface area contributed by atoms with Gasteiger partial charge in [0.15, 0.2) is 0 Å². The number of hydrogen-bond acceptors (Lipinski definition) is 2. The van der Waals surface area contributed by atoms with Gasteiger partial charge in [-0.05, 0) is 30.9 Å². The number of rotatable bonds is 1. The van der Waals surface area contributed by atoms with Gasteiger partial charge < -0.3 is 15.0 Å². The number of aliphatic hydroxyl groups excluding tert-OH is 1. The first-order valence-corrected chi connectivity index (χ1v) is 7.03. The summed E-state index contributed by atoms with van der Waals surface area (Å²) in [5.74, 6) is 0.460. The summed E-state index contributed by atoms with van der Waals surface area (Å²) >= 11 is 0. The van der Waals surface area contributed by atoms with Crippen molar-refractivity contribution in [2.24, 2.45) is 5.92 Å². The molecule has 19 heavy (non-hydrogen) atoms. The Balaban J connectivity index is 1.79. The molecule has 3 saturated heterocycles. The molecule has 5 rings (SSSR count). The van der Waals surface area contributed by atoms with Gasteiger partial charge in [0.1, 0.15) is 0 Å². The molecular weight excluding hydrogens is 236 g/mol. The molecule has 1 aromatic carbocycles. The van der Waals surface area contributed by atoms with Gasteiger partial charge >= 0.3 is 0 Å². The van der Waals surface area contributed by atoms with Crippen molar-refractivity contribution in [2.75, 3.05) is 13.1 Å². The van der Waals surface area contributed by atoms with Crippen molar-refractivity contribution in [1.29, 1.82) is 0 Å². The fourth-order valence-corrected chi connectivity index (χ4v) is 3.45. The van der Waals surface area contributed by atoms with Crippen LogP contribution in [0.25, 0.3) is 17.0 Å². The van der Waals surface area contributed by atoms with Gasteiger partial charge in [-0.1, -0.05) is 18.2 Å². The van der Waals surface area contributed by atoms with E-state index in [0.29, 0.717) is 5.92 Å². The molecule has 3 heteroatoms. The van der Waals surface area contributed by atoms with Crippen molar-refractivity contribution >= 4 is 17.0 Å². The molecule has 3 aliphatic rings. The molecule has 0 spiro atoms. The SMILES string of the molecule is OC1C(=Cc2c[nH]c3ccccc23)N2CCC1CC2. The quantitative estimate of drug-likeness (QED) is 0.821. The number of fused-ring (bicyclic) bond motifs is 4. The van der Waals surface area contributed by atoms with Crippen molar-refractivity contribution in [3.05, 3.63) is 41.7 Å². The van der Waals surface area contributed by atoms with Crippen LogP contribution in [0.3, 0.4) is 0 Å². The minimum atomic E-state index is -0.281. The highest BCUT2D eigenvalue weighted by Crippen LogP contribution is 2.36. The topological polar surface area (TPSA) is 39.3 Å². The number of benzene rings is 1. The van der Waals surface area contributed by atoms with Crippen LogP contribution in [-0.2, 0) is 0 Å². The number of para-hydroxylation sites is 1. The zero-order valence-corrected chi connectivity index (χ0v) is 10.8. The highest BCUT2D eigenvalue weighted by Gasteiger charge is 2.36. The molecule has 4 heterocycles. The number of hydrogen-bond donors (Lipinski definition) is 2. The second kappa shape index (κ2) is 4.14. The van der Waals surface area contributed by atoms with Crippen LogP contribution in [0.1, 0.15) is 18.4 Å². The molecule has 3 aliphatic heterocycles. The van der Waals surface area contributed by atoms with E-state index in [0.717, 1.165) is 37.1 Å². The van der Waals surface area contributed by atoms with Gasteiger partial charge in [-0.15, -0.1) is 0 Å². The molecule has 0 saturated carbocycles. The van der Waals surface area contributed by atoms with E-state index in [2.05, 4.69) is 34.2 Å². The Bertz CT molecular complexity index is 631. The molecule has 2 aromatic rings. The van der Waals surface area contributed by atoms with Gasteiger partial charge in [-0.25, -0.2) is 0 Å². The first-order valence-electron chi connectivity index (χ1n) is 7.03. The van der Waals surface area contributed by atoms with Crippen LogP contribution in [0.5, 0.6) is 0 Å². The minimum absolute atomic E-state index is 0.281. The van der Waals surface area contributed by atoms with Gasteiger partial charge in [0.2, 0.25) is 0 Å². The second-order valence-corrected chi connectivity index (χ2v) is 5.63. The maximum absolute atomic E-state index is 10.4. The number of H-pyrrole nitrogens is 1. The molecular formula is C16H18N2O. The van der Waals surface area contributed by atoms with Gasteiger partial charge in [0.05, 0.1) is 6.10 Å². The van der Waals surface area contributed by atoms with E-state index in [-0.39, 0.29) is 6.10 Å². The third-order valence-corrected chi connectivity index (χ3v) is 4.58. The van der Waals surface area contributed by atoms with Gasteiger partial charge in [-0.3, -0.25) is 0 Å². The molecule has 3 nitrogen and oxygen atoms in total. The van der Waals surface area contributed by atoms with Crippen LogP contribution < -0.4 is 0 Å². The molecule has 98 valence electrons. The van der Waals surface area contributed by atoms with Gasteiger partial charge in [-0.2, -0.15) is 0 Å². The lowest BCUT2D eigenvalue weighted by atomic mass is 9.83. The number of aromatic amines is 1. The van der Waals surface area contributed by atoms with E-state index >= 15 is 0 Å². The highest BCUT2D eigenvalue weighted by atomic mass is 16.3. The van der Waals surface area contributed by atoms with Gasteiger partial charge in [0.25, 0.3) is 0 Å². The van der Waals surface area contributed by atoms with Crippen molar-refractivity contribution in [3.8, 4) is 0 Å². The molecule has 1 aromatic heterocycles. The lowest BCUT2D eigenvalue weighted by Crippen LogP contribution is -2.48. The zero-order valence-electron chi connectivity index (χ0n) is 10.8. The zero-order chi connectivity index (χ0) is 12.8.